The Morgan fingerprint density at radius 3 is 2.14 bits per heavy atom. The maximum absolute atomic E-state index is 10.3. The lowest BCUT2D eigenvalue weighted by Gasteiger charge is -2.44. The summed E-state index contributed by atoms with van der Waals surface area (Å²) >= 11 is 0. The molecule has 8 heteroatoms. The van der Waals surface area contributed by atoms with E-state index in [9.17, 15) is 15.3 Å². The van der Waals surface area contributed by atoms with E-state index in [1.54, 1.807) is 13.8 Å². The van der Waals surface area contributed by atoms with E-state index in [-0.39, 0.29) is 6.42 Å². The second kappa shape index (κ2) is 7.50. The van der Waals surface area contributed by atoms with Gasteiger partial charge in [-0.2, -0.15) is 0 Å². The molecule has 0 bridgehead atoms. The van der Waals surface area contributed by atoms with Crippen molar-refractivity contribution < 1.29 is 39.0 Å². The summed E-state index contributed by atoms with van der Waals surface area (Å²) in [7, 11) is 2.93. The number of aliphatic hydroxyl groups is 3. The molecule has 0 saturated carbocycles. The van der Waals surface area contributed by atoms with Crippen LogP contribution in [0.25, 0.3) is 0 Å². The smallest absolute Gasteiger partial charge is 0.187 e. The van der Waals surface area contributed by atoms with Crippen LogP contribution in [0.15, 0.2) is 0 Å². The average molecular weight is 322 g/mol. The fourth-order valence-electron chi connectivity index (χ4n) is 2.99. The van der Waals surface area contributed by atoms with E-state index in [1.165, 1.54) is 14.2 Å². The molecule has 0 aromatic carbocycles. The Morgan fingerprint density at radius 1 is 0.864 bits per heavy atom. The predicted molar refractivity (Wildman–Crippen MR) is 74.0 cm³/mol. The lowest BCUT2D eigenvalue weighted by molar-refractivity contribution is -0.337. The van der Waals surface area contributed by atoms with Crippen molar-refractivity contribution >= 4 is 0 Å². The summed E-state index contributed by atoms with van der Waals surface area (Å²) < 4.78 is 27.2. The van der Waals surface area contributed by atoms with Gasteiger partial charge < -0.3 is 39.0 Å². The lowest BCUT2D eigenvalue weighted by Crippen LogP contribution is -2.60. The number of hydrogen-bond donors (Lipinski definition) is 3. The zero-order valence-electron chi connectivity index (χ0n) is 13.3. The first-order valence-electron chi connectivity index (χ1n) is 7.45. The fourth-order valence-corrected chi connectivity index (χ4v) is 2.99. The molecule has 8 nitrogen and oxygen atoms in total. The molecule has 0 aromatic heterocycles. The molecule has 3 N–H and O–H groups in total. The van der Waals surface area contributed by atoms with E-state index in [4.69, 9.17) is 23.7 Å². The van der Waals surface area contributed by atoms with Gasteiger partial charge in [-0.25, -0.2) is 0 Å². The quantitative estimate of drug-likeness (QED) is 0.605. The van der Waals surface area contributed by atoms with Crippen LogP contribution in [-0.4, -0.2) is 84.8 Å². The van der Waals surface area contributed by atoms with E-state index >= 15 is 0 Å². The highest BCUT2D eigenvalue weighted by molar-refractivity contribution is 4.90. The first-order valence-corrected chi connectivity index (χ1v) is 7.45. The predicted octanol–water partition coefficient (Wildman–Crippen LogP) is -1.00. The molecule has 2 aliphatic heterocycles. The largest absolute Gasteiger partial charge is 0.388 e. The fraction of sp³-hybridized carbons (Fsp3) is 1.00. The van der Waals surface area contributed by atoms with Crippen molar-refractivity contribution in [2.24, 2.45) is 0 Å². The molecule has 0 spiro atoms. The van der Waals surface area contributed by atoms with Gasteiger partial charge in [0.2, 0.25) is 0 Å². The topological polar surface area (TPSA) is 107 Å². The zero-order chi connectivity index (χ0) is 16.4. The molecule has 9 atom stereocenters. The van der Waals surface area contributed by atoms with Crippen LogP contribution in [0.5, 0.6) is 0 Å². The number of aliphatic hydroxyl groups excluding tert-OH is 3. The van der Waals surface area contributed by atoms with E-state index in [0.717, 1.165) is 0 Å². The molecule has 0 radical (unpaired) electrons. The molecule has 9 unspecified atom stereocenters. The third-order valence-electron chi connectivity index (χ3n) is 4.28. The summed E-state index contributed by atoms with van der Waals surface area (Å²) in [6.07, 6.45) is -6.42. The van der Waals surface area contributed by atoms with Crippen LogP contribution in [0.2, 0.25) is 0 Å². The summed E-state index contributed by atoms with van der Waals surface area (Å²) in [5.74, 6) is 0. The van der Waals surface area contributed by atoms with Crippen LogP contribution >= 0.6 is 0 Å². The second-order valence-corrected chi connectivity index (χ2v) is 5.80. The first kappa shape index (κ1) is 18.0. The van der Waals surface area contributed by atoms with Gasteiger partial charge >= 0.3 is 0 Å². The molecule has 2 heterocycles. The molecular formula is C14H26O8. The van der Waals surface area contributed by atoms with Crippen molar-refractivity contribution in [3.8, 4) is 0 Å². The summed E-state index contributed by atoms with van der Waals surface area (Å²) in [5, 5.41) is 29.9. The highest BCUT2D eigenvalue weighted by Gasteiger charge is 2.47. The first-order chi connectivity index (χ1) is 10.4. The molecule has 0 aromatic rings. The van der Waals surface area contributed by atoms with Crippen LogP contribution in [0.3, 0.4) is 0 Å². The van der Waals surface area contributed by atoms with Crippen molar-refractivity contribution in [1.82, 2.24) is 0 Å². The van der Waals surface area contributed by atoms with Crippen LogP contribution in [0.1, 0.15) is 20.3 Å². The lowest BCUT2D eigenvalue weighted by atomic mass is 9.98. The summed E-state index contributed by atoms with van der Waals surface area (Å²) in [6, 6.07) is 0. The van der Waals surface area contributed by atoms with Gasteiger partial charge in [-0.3, -0.25) is 0 Å². The standard InChI is InChI=1S/C14H26O8/c1-6-10(16)13(19-4)11(17)14(21-6)22-12-7(2)20-9(15)5-8(12)18-3/h6-17H,5H2,1-4H3. The zero-order valence-corrected chi connectivity index (χ0v) is 13.3. The number of methoxy groups -OCH3 is 2. The van der Waals surface area contributed by atoms with Gasteiger partial charge in [0.1, 0.15) is 24.4 Å². The third-order valence-corrected chi connectivity index (χ3v) is 4.28. The highest BCUT2D eigenvalue weighted by Crippen LogP contribution is 2.29. The molecule has 0 amide bonds. The van der Waals surface area contributed by atoms with Gasteiger partial charge in [0.05, 0.1) is 18.3 Å². The highest BCUT2D eigenvalue weighted by atomic mass is 16.7. The van der Waals surface area contributed by atoms with Gasteiger partial charge in [0.25, 0.3) is 0 Å². The molecule has 2 rings (SSSR count). The van der Waals surface area contributed by atoms with Gasteiger partial charge in [-0.05, 0) is 13.8 Å². The van der Waals surface area contributed by atoms with Gasteiger partial charge in [0, 0.05) is 20.6 Å². The van der Waals surface area contributed by atoms with E-state index in [1.807, 2.05) is 0 Å². The Morgan fingerprint density at radius 2 is 1.55 bits per heavy atom. The number of hydrogen-bond acceptors (Lipinski definition) is 8. The van der Waals surface area contributed by atoms with Crippen LogP contribution in [0.4, 0.5) is 0 Å². The van der Waals surface area contributed by atoms with Crippen molar-refractivity contribution in [3.63, 3.8) is 0 Å². The molecule has 22 heavy (non-hydrogen) atoms. The summed E-state index contributed by atoms with van der Waals surface area (Å²) in [4.78, 5) is 0. The van der Waals surface area contributed by atoms with E-state index in [0.29, 0.717) is 0 Å². The van der Waals surface area contributed by atoms with Crippen molar-refractivity contribution in [1.29, 1.82) is 0 Å². The van der Waals surface area contributed by atoms with Crippen molar-refractivity contribution in [2.45, 2.75) is 75.6 Å². The van der Waals surface area contributed by atoms with Crippen LogP contribution in [0, 0.1) is 0 Å². The monoisotopic (exact) mass is 322 g/mol. The van der Waals surface area contributed by atoms with Crippen LogP contribution < -0.4 is 0 Å². The van der Waals surface area contributed by atoms with Gasteiger partial charge in [-0.15, -0.1) is 0 Å². The average Bonchev–Trinajstić information content (AvgIpc) is 2.47. The second-order valence-electron chi connectivity index (χ2n) is 5.80. The minimum atomic E-state index is -1.15. The Labute approximate surface area is 129 Å². The Kier molecular flexibility index (Phi) is 6.14. The molecular weight excluding hydrogens is 296 g/mol. The molecule has 130 valence electrons. The van der Waals surface area contributed by atoms with Crippen molar-refractivity contribution in [2.75, 3.05) is 14.2 Å². The molecule has 2 saturated heterocycles. The number of ether oxygens (including phenoxy) is 5. The van der Waals surface area contributed by atoms with Gasteiger partial charge in [-0.1, -0.05) is 0 Å². The summed E-state index contributed by atoms with van der Waals surface area (Å²) in [5.41, 5.74) is 0. The minimum Gasteiger partial charge on any atom is -0.388 e. The Bertz CT molecular complexity index is 354. The molecule has 2 aliphatic rings. The number of rotatable bonds is 4. The Balaban J connectivity index is 2.07. The van der Waals surface area contributed by atoms with Gasteiger partial charge in [0.15, 0.2) is 12.6 Å². The van der Waals surface area contributed by atoms with Crippen molar-refractivity contribution in [3.05, 3.63) is 0 Å². The third kappa shape index (κ3) is 3.60. The maximum atomic E-state index is 10.3. The minimum absolute atomic E-state index is 0.264. The van der Waals surface area contributed by atoms with E-state index < -0.39 is 55.3 Å². The Hall–Kier alpha value is -0.320. The van der Waals surface area contributed by atoms with Crippen LogP contribution in [-0.2, 0) is 23.7 Å². The SMILES string of the molecule is COC1CC(O)OC(C)C1OC1OC(C)C(O)C(OC)C1O. The normalized spacial score (nSPS) is 50.0. The molecule has 2 fully saturated rings. The summed E-state index contributed by atoms with van der Waals surface area (Å²) in [6.45, 7) is 3.43. The maximum Gasteiger partial charge on any atom is 0.187 e. The van der Waals surface area contributed by atoms with E-state index in [2.05, 4.69) is 0 Å². The molecule has 0 aliphatic carbocycles.